The Kier molecular flexibility index (Phi) is 11.4. The summed E-state index contributed by atoms with van der Waals surface area (Å²) < 4.78 is 11.2. The van der Waals surface area contributed by atoms with Gasteiger partial charge in [0, 0.05) is 11.5 Å². The smallest absolute Gasteiger partial charge is 0.309 e. The van der Waals surface area contributed by atoms with Gasteiger partial charge in [0.1, 0.15) is 24.7 Å². The predicted molar refractivity (Wildman–Crippen MR) is 168 cm³/mol. The van der Waals surface area contributed by atoms with Crippen molar-refractivity contribution in [2.24, 2.45) is 11.8 Å². The first-order chi connectivity index (χ1) is 18.8. The summed E-state index contributed by atoms with van der Waals surface area (Å²) in [5.41, 5.74) is 6.47. The van der Waals surface area contributed by atoms with Gasteiger partial charge in [0.05, 0.1) is 11.8 Å². The molecule has 0 fully saturated rings. The molecule has 2 rings (SSSR count). The summed E-state index contributed by atoms with van der Waals surface area (Å²) in [4.78, 5) is 25.4. The van der Waals surface area contributed by atoms with E-state index in [-0.39, 0.29) is 59.3 Å². The molecule has 0 amide bonds. The summed E-state index contributed by atoms with van der Waals surface area (Å²) >= 11 is 1.51. The standard InChI is InChI=1S/C34H50O6S/c1-19-13-27(33(7,8)9)29(35)23(5)25(19)15-39-31(37)21(3)17-41-18-22(4)32(38)40-16-26-20(2)14-28(34(10,11)12)30(36)24(26)6/h13-14,21-22,35-36H,15-18H2,1-12H3/t21-,22+. The first-order valence-corrected chi connectivity index (χ1v) is 15.5. The van der Waals surface area contributed by atoms with Crippen LogP contribution in [-0.4, -0.2) is 33.7 Å². The minimum Gasteiger partial charge on any atom is -0.507 e. The van der Waals surface area contributed by atoms with E-state index < -0.39 is 0 Å². The monoisotopic (exact) mass is 586 g/mol. The zero-order valence-corrected chi connectivity index (χ0v) is 27.9. The number of phenols is 2. The van der Waals surface area contributed by atoms with Crippen LogP contribution < -0.4 is 0 Å². The van der Waals surface area contributed by atoms with Gasteiger partial charge in [0.25, 0.3) is 0 Å². The summed E-state index contributed by atoms with van der Waals surface area (Å²) in [5, 5.41) is 21.4. The topological polar surface area (TPSA) is 93.1 Å². The number of ether oxygens (including phenoxy) is 2. The fourth-order valence-corrected chi connectivity index (χ4v) is 5.86. The van der Waals surface area contributed by atoms with Crippen molar-refractivity contribution in [3.8, 4) is 11.5 Å². The Balaban J connectivity index is 1.88. The van der Waals surface area contributed by atoms with Gasteiger partial charge >= 0.3 is 11.9 Å². The lowest BCUT2D eigenvalue weighted by Gasteiger charge is -2.24. The molecule has 7 heteroatoms. The lowest BCUT2D eigenvalue weighted by Crippen LogP contribution is -2.21. The van der Waals surface area contributed by atoms with E-state index in [1.165, 1.54) is 11.8 Å². The molecule has 0 radical (unpaired) electrons. The molecule has 0 aromatic heterocycles. The minimum absolute atomic E-state index is 0.108. The van der Waals surface area contributed by atoms with Crippen LogP contribution in [-0.2, 0) is 43.1 Å². The van der Waals surface area contributed by atoms with Crippen molar-refractivity contribution >= 4 is 23.7 Å². The van der Waals surface area contributed by atoms with E-state index in [4.69, 9.17) is 9.47 Å². The number of phenolic OH excluding ortho intramolecular Hbond substituents is 2. The molecular formula is C34H50O6S. The molecule has 0 saturated heterocycles. The van der Waals surface area contributed by atoms with Crippen LogP contribution in [0.5, 0.6) is 11.5 Å². The summed E-state index contributed by atoms with van der Waals surface area (Å²) in [6.45, 7) is 23.8. The van der Waals surface area contributed by atoms with Crippen LogP contribution in [0.3, 0.4) is 0 Å². The van der Waals surface area contributed by atoms with Gasteiger partial charge in [0.15, 0.2) is 0 Å². The van der Waals surface area contributed by atoms with E-state index in [0.29, 0.717) is 11.5 Å². The highest BCUT2D eigenvalue weighted by molar-refractivity contribution is 7.99. The quantitative estimate of drug-likeness (QED) is 0.275. The number of aromatic hydroxyl groups is 2. The molecule has 0 aliphatic heterocycles. The SMILES string of the molecule is Cc1cc(C(C)(C)C)c(O)c(C)c1COC(=O)[C@H](C)CSC[C@H](C)C(=O)OCc1c(C)cc(C(C)(C)C)c(O)c1C. The van der Waals surface area contributed by atoms with Crippen molar-refractivity contribution < 1.29 is 29.3 Å². The fourth-order valence-electron chi connectivity index (χ4n) is 4.74. The summed E-state index contributed by atoms with van der Waals surface area (Å²) in [5.74, 6) is 0.226. The molecule has 0 spiro atoms. The molecule has 0 heterocycles. The van der Waals surface area contributed by atoms with E-state index in [1.54, 1.807) is 0 Å². The zero-order chi connectivity index (χ0) is 31.4. The van der Waals surface area contributed by atoms with Crippen molar-refractivity contribution in [1.29, 1.82) is 0 Å². The third-order valence-electron chi connectivity index (χ3n) is 7.67. The lowest BCUT2D eigenvalue weighted by molar-refractivity contribution is -0.149. The number of thioether (sulfide) groups is 1. The molecule has 0 aliphatic rings. The molecule has 6 nitrogen and oxygen atoms in total. The fraction of sp³-hybridized carbons (Fsp3) is 0.588. The highest BCUT2D eigenvalue weighted by Gasteiger charge is 2.25. The molecule has 0 bridgehead atoms. The molecule has 2 aromatic rings. The Morgan fingerprint density at radius 2 is 1.02 bits per heavy atom. The number of rotatable bonds is 10. The van der Waals surface area contributed by atoms with Crippen molar-refractivity contribution in [3.63, 3.8) is 0 Å². The van der Waals surface area contributed by atoms with Gasteiger partial charge in [-0.1, -0.05) is 67.5 Å². The second kappa shape index (κ2) is 13.5. The number of hydrogen-bond donors (Lipinski definition) is 2. The van der Waals surface area contributed by atoms with Crippen LogP contribution in [0.15, 0.2) is 12.1 Å². The van der Waals surface area contributed by atoms with Crippen LogP contribution in [0, 0.1) is 39.5 Å². The number of esters is 2. The highest BCUT2D eigenvalue weighted by Crippen LogP contribution is 2.38. The Morgan fingerprint density at radius 3 is 1.32 bits per heavy atom. The zero-order valence-electron chi connectivity index (χ0n) is 27.1. The van der Waals surface area contributed by atoms with Crippen LogP contribution in [0.4, 0.5) is 0 Å². The average molecular weight is 587 g/mol. The molecule has 228 valence electrons. The van der Waals surface area contributed by atoms with Crippen LogP contribution in [0.2, 0.25) is 0 Å². The van der Waals surface area contributed by atoms with Gasteiger partial charge in [0.2, 0.25) is 0 Å². The maximum absolute atomic E-state index is 12.7. The van der Waals surface area contributed by atoms with E-state index >= 15 is 0 Å². The van der Waals surface area contributed by atoms with E-state index in [9.17, 15) is 19.8 Å². The second-order valence-electron chi connectivity index (χ2n) is 13.4. The van der Waals surface area contributed by atoms with Gasteiger partial charge in [-0.25, -0.2) is 0 Å². The van der Waals surface area contributed by atoms with E-state index in [0.717, 1.165) is 44.5 Å². The first-order valence-electron chi connectivity index (χ1n) is 14.3. The third kappa shape index (κ3) is 8.67. The largest absolute Gasteiger partial charge is 0.507 e. The second-order valence-corrected chi connectivity index (χ2v) is 14.5. The number of carbonyl (C=O) groups is 2. The Hall–Kier alpha value is -2.67. The lowest BCUT2D eigenvalue weighted by atomic mass is 9.83. The van der Waals surface area contributed by atoms with Gasteiger partial charge in [-0.3, -0.25) is 9.59 Å². The number of carbonyl (C=O) groups excluding carboxylic acids is 2. The predicted octanol–water partition coefficient (Wildman–Crippen LogP) is 7.72. The molecule has 0 unspecified atom stereocenters. The molecule has 0 saturated carbocycles. The summed E-state index contributed by atoms with van der Waals surface area (Å²) in [7, 11) is 0. The summed E-state index contributed by atoms with van der Waals surface area (Å²) in [6.07, 6.45) is 0. The average Bonchev–Trinajstić information content (AvgIpc) is 2.86. The van der Waals surface area contributed by atoms with Crippen molar-refractivity contribution in [1.82, 2.24) is 0 Å². The number of hydrogen-bond acceptors (Lipinski definition) is 7. The molecule has 2 aromatic carbocycles. The molecule has 41 heavy (non-hydrogen) atoms. The molecule has 2 N–H and O–H groups in total. The van der Waals surface area contributed by atoms with E-state index in [2.05, 4.69) is 41.5 Å². The minimum atomic E-state index is -0.346. The maximum atomic E-state index is 12.7. The normalized spacial score (nSPS) is 13.6. The first kappa shape index (κ1) is 34.5. The third-order valence-corrected chi connectivity index (χ3v) is 9.15. The van der Waals surface area contributed by atoms with Crippen LogP contribution in [0.1, 0.15) is 99.9 Å². The van der Waals surface area contributed by atoms with Gasteiger partial charge in [-0.2, -0.15) is 11.8 Å². The molecule has 2 atom stereocenters. The van der Waals surface area contributed by atoms with Crippen molar-refractivity contribution in [2.75, 3.05) is 11.5 Å². The Morgan fingerprint density at radius 1 is 0.707 bits per heavy atom. The summed E-state index contributed by atoms with van der Waals surface area (Å²) in [6, 6.07) is 3.94. The molecular weight excluding hydrogens is 536 g/mol. The number of benzene rings is 2. The maximum Gasteiger partial charge on any atom is 0.309 e. The Labute approximate surface area is 251 Å². The van der Waals surface area contributed by atoms with E-state index in [1.807, 2.05) is 53.7 Å². The van der Waals surface area contributed by atoms with Crippen LogP contribution >= 0.6 is 11.8 Å². The van der Waals surface area contributed by atoms with Gasteiger partial charge < -0.3 is 19.7 Å². The number of aryl methyl sites for hydroxylation is 2. The van der Waals surface area contributed by atoms with Crippen molar-refractivity contribution in [2.45, 2.75) is 107 Å². The highest BCUT2D eigenvalue weighted by atomic mass is 32.2. The molecule has 0 aliphatic carbocycles. The Bertz CT molecular complexity index is 1170. The van der Waals surface area contributed by atoms with Crippen molar-refractivity contribution in [3.05, 3.63) is 56.6 Å². The van der Waals surface area contributed by atoms with Crippen LogP contribution in [0.25, 0.3) is 0 Å². The van der Waals surface area contributed by atoms with Gasteiger partial charge in [-0.05, 0) is 83.0 Å². The van der Waals surface area contributed by atoms with Gasteiger partial charge in [-0.15, -0.1) is 0 Å².